The van der Waals surface area contributed by atoms with E-state index in [9.17, 15) is 9.59 Å². The number of carbonyl (C=O) groups excluding carboxylic acids is 1. The van der Waals surface area contributed by atoms with Crippen LogP contribution in [-0.4, -0.2) is 29.3 Å². The molecule has 10 heteroatoms. The molecular weight excluding hydrogens is 600 g/mol. The molecule has 1 aliphatic rings. The van der Waals surface area contributed by atoms with Crippen molar-refractivity contribution in [2.24, 2.45) is 4.99 Å². The Bertz CT molecular complexity index is 1320. The lowest BCUT2D eigenvalue weighted by atomic mass is 10.1. The normalized spacial score (nSPS) is 15.3. The van der Waals surface area contributed by atoms with Crippen molar-refractivity contribution in [3.05, 3.63) is 91.2 Å². The van der Waals surface area contributed by atoms with Gasteiger partial charge in [0, 0.05) is 0 Å². The zero-order chi connectivity index (χ0) is 24.9. The van der Waals surface area contributed by atoms with Crippen LogP contribution in [0, 0.1) is 0 Å². The molecular formula is C25H18Br2N2O5S. The number of nitrogens with one attached hydrogen (secondary N) is 1. The van der Waals surface area contributed by atoms with Crippen LogP contribution in [0.2, 0.25) is 0 Å². The van der Waals surface area contributed by atoms with Crippen molar-refractivity contribution in [1.29, 1.82) is 0 Å². The van der Waals surface area contributed by atoms with Crippen LogP contribution in [0.4, 0.5) is 5.69 Å². The summed E-state index contributed by atoms with van der Waals surface area (Å²) in [6.45, 7) is 0.265. The monoisotopic (exact) mass is 616 g/mol. The van der Waals surface area contributed by atoms with Crippen LogP contribution in [0.3, 0.4) is 0 Å². The highest BCUT2D eigenvalue weighted by molar-refractivity contribution is 9.11. The number of hydrogen-bond donors (Lipinski definition) is 2. The van der Waals surface area contributed by atoms with Crippen molar-refractivity contribution in [1.82, 2.24) is 5.32 Å². The van der Waals surface area contributed by atoms with Gasteiger partial charge in [0.05, 0.1) is 32.2 Å². The summed E-state index contributed by atoms with van der Waals surface area (Å²) in [7, 11) is 1.60. The zero-order valence-electron chi connectivity index (χ0n) is 18.2. The van der Waals surface area contributed by atoms with Crippen molar-refractivity contribution in [3.63, 3.8) is 0 Å². The van der Waals surface area contributed by atoms with Crippen molar-refractivity contribution in [2.45, 2.75) is 6.61 Å². The number of thioether (sulfide) groups is 1. The van der Waals surface area contributed by atoms with Crippen LogP contribution >= 0.6 is 43.6 Å². The van der Waals surface area contributed by atoms with Crippen LogP contribution in [0.25, 0.3) is 6.08 Å². The average Bonchev–Trinajstić information content (AvgIpc) is 3.17. The number of benzene rings is 3. The van der Waals surface area contributed by atoms with Crippen molar-refractivity contribution in [2.75, 3.05) is 7.11 Å². The van der Waals surface area contributed by atoms with Crippen LogP contribution in [-0.2, 0) is 11.4 Å². The Morgan fingerprint density at radius 2 is 1.74 bits per heavy atom. The Kier molecular flexibility index (Phi) is 7.94. The van der Waals surface area contributed by atoms with Crippen LogP contribution in [0.15, 0.2) is 79.5 Å². The number of amidine groups is 1. The molecule has 0 unspecified atom stereocenters. The molecule has 0 aromatic heterocycles. The minimum absolute atomic E-state index is 0.222. The van der Waals surface area contributed by atoms with E-state index in [1.165, 1.54) is 23.9 Å². The second-order valence-electron chi connectivity index (χ2n) is 7.28. The predicted octanol–water partition coefficient (Wildman–Crippen LogP) is 6.39. The molecule has 0 atom stereocenters. The number of hydrogen-bond acceptors (Lipinski definition) is 6. The van der Waals surface area contributed by atoms with Gasteiger partial charge in [0.25, 0.3) is 5.91 Å². The fourth-order valence-corrected chi connectivity index (χ4v) is 5.40. The number of aliphatic imine (C=N–C) groups is 1. The minimum Gasteiger partial charge on any atom is -0.497 e. The number of carboxylic acid groups (broad SMARTS) is 1. The number of carboxylic acids is 1. The van der Waals surface area contributed by atoms with Crippen LogP contribution in [0.5, 0.6) is 11.5 Å². The highest BCUT2D eigenvalue weighted by Crippen LogP contribution is 2.37. The average molecular weight is 618 g/mol. The summed E-state index contributed by atoms with van der Waals surface area (Å²) < 4.78 is 12.5. The van der Waals surface area contributed by atoms with Gasteiger partial charge in [0.15, 0.2) is 5.17 Å². The largest absolute Gasteiger partial charge is 0.497 e. The maximum Gasteiger partial charge on any atom is 0.335 e. The fourth-order valence-electron chi connectivity index (χ4n) is 3.11. The Hall–Kier alpha value is -3.08. The molecule has 0 saturated carbocycles. The lowest BCUT2D eigenvalue weighted by Crippen LogP contribution is -2.19. The first-order valence-electron chi connectivity index (χ1n) is 10.2. The SMILES string of the molecule is COc1ccc(N=C2NC(=O)/C(=C\c3cc(Br)c(OCc4ccc(C(=O)O)cc4)c(Br)c3)S2)cc1. The first-order valence-corrected chi connectivity index (χ1v) is 12.6. The molecule has 1 heterocycles. The lowest BCUT2D eigenvalue weighted by Gasteiger charge is -2.12. The van der Waals surface area contributed by atoms with E-state index in [1.54, 1.807) is 37.5 Å². The zero-order valence-corrected chi connectivity index (χ0v) is 22.2. The maximum atomic E-state index is 12.5. The summed E-state index contributed by atoms with van der Waals surface area (Å²) in [5, 5.41) is 12.3. The third-order valence-electron chi connectivity index (χ3n) is 4.86. The van der Waals surface area contributed by atoms with Gasteiger partial charge in [-0.3, -0.25) is 4.79 Å². The van der Waals surface area contributed by atoms with Crippen molar-refractivity contribution in [3.8, 4) is 11.5 Å². The molecule has 0 radical (unpaired) electrons. The van der Waals surface area contributed by atoms with Gasteiger partial charge in [-0.2, -0.15) is 0 Å². The molecule has 1 amide bonds. The van der Waals surface area contributed by atoms with Gasteiger partial charge in [0.2, 0.25) is 0 Å². The van der Waals surface area contributed by atoms with E-state index < -0.39 is 5.97 Å². The third kappa shape index (κ3) is 6.33. The highest BCUT2D eigenvalue weighted by Gasteiger charge is 2.24. The Labute approximate surface area is 222 Å². The number of carbonyl (C=O) groups is 2. The summed E-state index contributed by atoms with van der Waals surface area (Å²) >= 11 is 8.32. The topological polar surface area (TPSA) is 97.2 Å². The van der Waals surface area contributed by atoms with E-state index >= 15 is 0 Å². The van der Waals surface area contributed by atoms with Gasteiger partial charge in [0.1, 0.15) is 18.1 Å². The molecule has 35 heavy (non-hydrogen) atoms. The van der Waals surface area contributed by atoms with Gasteiger partial charge in [-0.25, -0.2) is 9.79 Å². The number of rotatable bonds is 7. The van der Waals surface area contributed by atoms with E-state index in [0.717, 1.165) is 16.9 Å². The summed E-state index contributed by atoms with van der Waals surface area (Å²) in [5.41, 5.74) is 2.56. The molecule has 1 saturated heterocycles. The van der Waals surface area contributed by atoms with Crippen LogP contribution in [0.1, 0.15) is 21.5 Å². The van der Waals surface area contributed by atoms with Gasteiger partial charge in [-0.15, -0.1) is 0 Å². The van der Waals surface area contributed by atoms with Crippen molar-refractivity contribution < 1.29 is 24.2 Å². The summed E-state index contributed by atoms with van der Waals surface area (Å²) in [4.78, 5) is 28.4. The molecule has 178 valence electrons. The van der Waals surface area contributed by atoms with E-state index in [-0.39, 0.29) is 18.1 Å². The summed E-state index contributed by atoms with van der Waals surface area (Å²) in [6, 6.07) is 17.5. The fraction of sp³-hybridized carbons (Fsp3) is 0.0800. The first kappa shape index (κ1) is 25.0. The number of aromatic carboxylic acids is 1. The Morgan fingerprint density at radius 1 is 1.09 bits per heavy atom. The van der Waals surface area contributed by atoms with Gasteiger partial charge in [-0.1, -0.05) is 12.1 Å². The van der Waals surface area contributed by atoms with Gasteiger partial charge in [-0.05, 0) is 109 Å². The standard InChI is InChI=1S/C25H18Br2N2O5S/c1-33-18-8-6-17(7-9-18)28-25-29-23(30)21(35-25)12-15-10-19(26)22(20(27)11-15)34-13-14-2-4-16(5-3-14)24(31)32/h2-12H,13H2,1H3,(H,31,32)(H,28,29,30)/b21-12+. The summed E-state index contributed by atoms with van der Waals surface area (Å²) in [5.74, 6) is 0.137. The molecule has 2 N–H and O–H groups in total. The van der Waals surface area contributed by atoms with E-state index in [1.807, 2.05) is 24.3 Å². The molecule has 1 aliphatic heterocycles. The molecule has 1 fully saturated rings. The smallest absolute Gasteiger partial charge is 0.335 e. The Balaban J connectivity index is 1.46. The summed E-state index contributed by atoms with van der Waals surface area (Å²) in [6.07, 6.45) is 1.78. The number of nitrogens with zero attached hydrogens (tertiary/aromatic N) is 1. The predicted molar refractivity (Wildman–Crippen MR) is 143 cm³/mol. The highest BCUT2D eigenvalue weighted by atomic mass is 79.9. The number of halogens is 2. The van der Waals surface area contributed by atoms with E-state index in [0.29, 0.717) is 30.5 Å². The second kappa shape index (κ2) is 11.1. The first-order chi connectivity index (χ1) is 16.8. The molecule has 0 bridgehead atoms. The number of methoxy groups -OCH3 is 1. The minimum atomic E-state index is -0.971. The molecule has 0 aliphatic carbocycles. The van der Waals surface area contributed by atoms with Gasteiger partial charge >= 0.3 is 5.97 Å². The Morgan fingerprint density at radius 3 is 2.34 bits per heavy atom. The maximum absolute atomic E-state index is 12.5. The molecule has 0 spiro atoms. The number of amides is 1. The molecule has 3 aromatic carbocycles. The van der Waals surface area contributed by atoms with E-state index in [4.69, 9.17) is 14.6 Å². The third-order valence-corrected chi connectivity index (χ3v) is 6.94. The van der Waals surface area contributed by atoms with Crippen LogP contribution < -0.4 is 14.8 Å². The quantitative estimate of drug-likeness (QED) is 0.298. The molecule has 3 aromatic rings. The van der Waals surface area contributed by atoms with E-state index in [2.05, 4.69) is 42.2 Å². The molecule has 7 nitrogen and oxygen atoms in total. The second-order valence-corrected chi connectivity index (χ2v) is 10.0. The lowest BCUT2D eigenvalue weighted by molar-refractivity contribution is -0.115. The van der Waals surface area contributed by atoms with Crippen molar-refractivity contribution >= 4 is 72.4 Å². The van der Waals surface area contributed by atoms with Gasteiger partial charge < -0.3 is 19.9 Å². The molecule has 4 rings (SSSR count). The number of ether oxygens (including phenoxy) is 2.